The molecule has 2 aromatic heterocycles. The van der Waals surface area contributed by atoms with E-state index in [1.165, 1.54) is 12.3 Å². The highest BCUT2D eigenvalue weighted by Gasteiger charge is 2.54. The van der Waals surface area contributed by atoms with Gasteiger partial charge in [-0.15, -0.1) is 0 Å². The molecule has 2 aliphatic heterocycles. The molecule has 2 fully saturated rings. The second-order valence-electron chi connectivity index (χ2n) is 7.79. The van der Waals surface area contributed by atoms with Crippen molar-refractivity contribution < 1.29 is 36.9 Å². The number of ether oxygens (including phenoxy) is 2. The van der Waals surface area contributed by atoms with Gasteiger partial charge in [-0.25, -0.2) is 24.1 Å². The van der Waals surface area contributed by atoms with Gasteiger partial charge < -0.3 is 24.4 Å². The van der Waals surface area contributed by atoms with Crippen LogP contribution < -0.4 is 14.5 Å². The Kier molecular flexibility index (Phi) is 7.20. The van der Waals surface area contributed by atoms with Crippen LogP contribution in [0.4, 0.5) is 29.2 Å². The molecule has 1 spiro atoms. The maximum absolute atomic E-state index is 13.7. The number of rotatable bonds is 5. The summed E-state index contributed by atoms with van der Waals surface area (Å²) in [5.74, 6) is -1.18. The summed E-state index contributed by atoms with van der Waals surface area (Å²) in [5.41, 5.74) is -0.255. The predicted molar refractivity (Wildman–Crippen MR) is 109 cm³/mol. The maximum Gasteiger partial charge on any atom is 0.490 e. The number of alkyl halides is 3. The summed E-state index contributed by atoms with van der Waals surface area (Å²) in [5, 5.41) is 7.12. The molecule has 33 heavy (non-hydrogen) atoms. The zero-order valence-electron chi connectivity index (χ0n) is 17.9. The Morgan fingerprint density at radius 1 is 1.33 bits per heavy atom. The van der Waals surface area contributed by atoms with E-state index < -0.39 is 18.0 Å². The molecule has 0 radical (unpaired) electrons. The molecule has 180 valence electrons. The number of hydrogen-bond acceptors (Lipinski definition) is 8. The highest BCUT2D eigenvalue weighted by atomic mass is 19.4. The van der Waals surface area contributed by atoms with Crippen LogP contribution in [0.3, 0.4) is 0 Å². The Morgan fingerprint density at radius 2 is 2.03 bits per heavy atom. The van der Waals surface area contributed by atoms with E-state index >= 15 is 0 Å². The number of carboxylic acids is 1. The van der Waals surface area contributed by atoms with Crippen molar-refractivity contribution >= 4 is 17.6 Å². The van der Waals surface area contributed by atoms with Gasteiger partial charge in [0.05, 0.1) is 19.7 Å². The van der Waals surface area contributed by atoms with Crippen LogP contribution in [-0.4, -0.2) is 78.2 Å². The predicted octanol–water partition coefficient (Wildman–Crippen LogP) is 2.38. The number of pyridine rings is 1. The van der Waals surface area contributed by atoms with Crippen molar-refractivity contribution in [2.45, 2.75) is 18.2 Å². The van der Waals surface area contributed by atoms with Gasteiger partial charge in [0.2, 0.25) is 5.88 Å². The molecular weight excluding hydrogens is 450 g/mol. The van der Waals surface area contributed by atoms with E-state index in [9.17, 15) is 17.6 Å². The molecule has 2 aromatic rings. The molecule has 13 heteroatoms. The molecule has 0 aromatic carbocycles. The topological polar surface area (TPSA) is 101 Å². The third-order valence-electron chi connectivity index (χ3n) is 5.33. The molecular formula is C20H23F4N5O4. The summed E-state index contributed by atoms with van der Waals surface area (Å²) >= 11 is 0. The van der Waals surface area contributed by atoms with Gasteiger partial charge in [0.1, 0.15) is 23.6 Å². The van der Waals surface area contributed by atoms with Gasteiger partial charge in [-0.05, 0) is 18.6 Å². The minimum atomic E-state index is -5.08. The summed E-state index contributed by atoms with van der Waals surface area (Å²) < 4.78 is 57.1. The van der Waals surface area contributed by atoms with Crippen molar-refractivity contribution in [2.75, 3.05) is 50.2 Å². The number of anilines is 2. The lowest BCUT2D eigenvalue weighted by molar-refractivity contribution is -0.192. The molecule has 4 rings (SSSR count). The number of carboxylic acid groups (broad SMARTS) is 1. The molecule has 0 saturated carbocycles. The average Bonchev–Trinajstić information content (AvgIpc) is 3.16. The van der Waals surface area contributed by atoms with Crippen LogP contribution in [0.5, 0.6) is 5.88 Å². The van der Waals surface area contributed by atoms with Gasteiger partial charge in [-0.1, -0.05) is 0 Å². The van der Waals surface area contributed by atoms with Crippen molar-refractivity contribution in [3.8, 4) is 5.88 Å². The highest BCUT2D eigenvalue weighted by molar-refractivity contribution is 5.73. The lowest BCUT2D eigenvalue weighted by Crippen LogP contribution is -2.66. The largest absolute Gasteiger partial charge is 0.490 e. The monoisotopic (exact) mass is 473 g/mol. The molecule has 1 unspecified atom stereocenters. The number of aromatic nitrogens is 3. The van der Waals surface area contributed by atoms with Crippen LogP contribution in [0.15, 0.2) is 30.7 Å². The summed E-state index contributed by atoms with van der Waals surface area (Å²) in [4.78, 5) is 25.6. The van der Waals surface area contributed by atoms with E-state index in [0.29, 0.717) is 13.2 Å². The Hall–Kier alpha value is -3.22. The molecule has 2 saturated heterocycles. The zero-order chi connectivity index (χ0) is 24.2. The first kappa shape index (κ1) is 24.4. The maximum atomic E-state index is 13.7. The summed E-state index contributed by atoms with van der Waals surface area (Å²) in [7, 11) is 3.90. The van der Waals surface area contributed by atoms with Crippen molar-refractivity contribution in [1.29, 1.82) is 0 Å². The second kappa shape index (κ2) is 9.73. The Labute approximate surface area is 187 Å². The number of nitrogens with zero attached hydrogens (tertiary/aromatic N) is 5. The summed E-state index contributed by atoms with van der Waals surface area (Å²) in [6, 6.07) is 4.87. The normalized spacial score (nSPS) is 18.8. The van der Waals surface area contributed by atoms with Crippen LogP contribution in [0.2, 0.25) is 0 Å². The molecule has 1 N–H and O–H groups in total. The lowest BCUT2D eigenvalue weighted by atomic mass is 9.81. The van der Waals surface area contributed by atoms with Crippen LogP contribution in [-0.2, 0) is 9.53 Å². The Bertz CT molecular complexity index is 969. The Morgan fingerprint density at radius 3 is 2.64 bits per heavy atom. The minimum Gasteiger partial charge on any atom is -0.475 e. The first-order valence-corrected chi connectivity index (χ1v) is 9.93. The number of carbonyl (C=O) groups is 1. The van der Waals surface area contributed by atoms with E-state index in [4.69, 9.17) is 19.4 Å². The van der Waals surface area contributed by atoms with E-state index in [1.807, 2.05) is 25.1 Å². The van der Waals surface area contributed by atoms with E-state index in [2.05, 4.69) is 19.9 Å². The Balaban J connectivity index is 0.000000383. The SMILES string of the molecule is CN(C)c1cc(N2CC3(C2)OCCC3COc2ncccc2F)ncn1.O=C(O)C(F)(F)F. The first-order chi connectivity index (χ1) is 15.5. The van der Waals surface area contributed by atoms with Gasteiger partial charge >= 0.3 is 12.1 Å². The van der Waals surface area contributed by atoms with Crippen LogP contribution >= 0.6 is 0 Å². The third-order valence-corrected chi connectivity index (χ3v) is 5.33. The lowest BCUT2D eigenvalue weighted by Gasteiger charge is -2.50. The second-order valence-corrected chi connectivity index (χ2v) is 7.79. The smallest absolute Gasteiger partial charge is 0.475 e. The zero-order valence-corrected chi connectivity index (χ0v) is 17.9. The molecule has 4 heterocycles. The van der Waals surface area contributed by atoms with Crippen molar-refractivity contribution in [3.63, 3.8) is 0 Å². The quantitative estimate of drug-likeness (QED) is 0.656. The number of halogens is 4. The average molecular weight is 473 g/mol. The van der Waals surface area contributed by atoms with Crippen LogP contribution in [0.1, 0.15) is 6.42 Å². The van der Waals surface area contributed by atoms with Gasteiger partial charge in [0.25, 0.3) is 0 Å². The fourth-order valence-corrected chi connectivity index (χ4v) is 3.54. The van der Waals surface area contributed by atoms with E-state index in [-0.39, 0.29) is 17.4 Å². The van der Waals surface area contributed by atoms with Crippen LogP contribution in [0, 0.1) is 11.7 Å². The van der Waals surface area contributed by atoms with Crippen LogP contribution in [0.25, 0.3) is 0 Å². The van der Waals surface area contributed by atoms with Gasteiger partial charge in [0.15, 0.2) is 5.82 Å². The summed E-state index contributed by atoms with van der Waals surface area (Å²) in [6.45, 7) is 2.58. The highest BCUT2D eigenvalue weighted by Crippen LogP contribution is 2.42. The molecule has 0 amide bonds. The van der Waals surface area contributed by atoms with Crippen molar-refractivity contribution in [3.05, 3.63) is 36.5 Å². The van der Waals surface area contributed by atoms with Gasteiger partial charge in [0, 0.05) is 38.9 Å². The van der Waals surface area contributed by atoms with E-state index in [0.717, 1.165) is 31.1 Å². The molecule has 0 bridgehead atoms. The molecule has 1 atom stereocenters. The van der Waals surface area contributed by atoms with Gasteiger partial charge in [-0.2, -0.15) is 13.2 Å². The standard InChI is InChI=1S/C18H22FN5O2.C2HF3O2/c1-23(2)15-8-16(22-12-21-15)24-10-18(11-24)13(5-7-26-18)9-25-17-14(19)4-3-6-20-17;3-2(4,5)1(6)7/h3-4,6,8,12-13H,5,7,9-11H2,1-2H3;(H,6,7). The third kappa shape index (κ3) is 5.78. The number of hydrogen-bond donors (Lipinski definition) is 1. The number of aliphatic carboxylic acids is 1. The molecule has 0 aliphatic carbocycles. The van der Waals surface area contributed by atoms with Gasteiger partial charge in [-0.3, -0.25) is 0 Å². The fraction of sp³-hybridized carbons (Fsp3) is 0.500. The van der Waals surface area contributed by atoms with E-state index in [1.54, 1.807) is 12.4 Å². The molecule has 2 aliphatic rings. The van der Waals surface area contributed by atoms with Crippen molar-refractivity contribution in [2.24, 2.45) is 5.92 Å². The van der Waals surface area contributed by atoms with Crippen molar-refractivity contribution in [1.82, 2.24) is 15.0 Å². The fourth-order valence-electron chi connectivity index (χ4n) is 3.54. The molecule has 9 nitrogen and oxygen atoms in total. The summed E-state index contributed by atoms with van der Waals surface area (Å²) in [6.07, 6.45) is -1.08. The first-order valence-electron chi connectivity index (χ1n) is 9.93. The minimum absolute atomic E-state index is 0.0529.